The lowest BCUT2D eigenvalue weighted by Gasteiger charge is -2.36. The van der Waals surface area contributed by atoms with Gasteiger partial charge < -0.3 is 19.3 Å². The highest BCUT2D eigenvalue weighted by Gasteiger charge is 2.32. The number of anilines is 2. The average Bonchev–Trinajstić information content (AvgIpc) is 3.63. The fraction of sp³-hybridized carbons (Fsp3) is 0.462. The molecule has 3 atom stereocenters. The second-order valence-electron chi connectivity index (χ2n) is 13.3. The number of rotatable bonds is 15. The first-order valence-electron chi connectivity index (χ1n) is 17.3. The number of hydrogen-bond donors (Lipinski definition) is 0. The number of carbonyl (C=O) groups is 1. The van der Waals surface area contributed by atoms with Crippen LogP contribution in [0.2, 0.25) is 0 Å². The van der Waals surface area contributed by atoms with E-state index in [9.17, 15) is 4.79 Å². The first-order chi connectivity index (χ1) is 23.2. The summed E-state index contributed by atoms with van der Waals surface area (Å²) >= 11 is 0. The van der Waals surface area contributed by atoms with Gasteiger partial charge in [-0.1, -0.05) is 32.6 Å². The van der Waals surface area contributed by atoms with E-state index in [1.54, 1.807) is 24.2 Å². The van der Waals surface area contributed by atoms with Crippen molar-refractivity contribution in [2.45, 2.75) is 71.1 Å². The van der Waals surface area contributed by atoms with Crippen LogP contribution in [0.5, 0.6) is 5.75 Å². The number of piperidine rings is 1. The van der Waals surface area contributed by atoms with Gasteiger partial charge in [-0.15, -0.1) is 0 Å². The Morgan fingerprint density at radius 1 is 1.08 bits per heavy atom. The Morgan fingerprint density at radius 2 is 1.79 bits per heavy atom. The maximum atomic E-state index is 13.1. The highest BCUT2D eigenvalue weighted by atomic mass is 16.5. The van der Waals surface area contributed by atoms with Crippen LogP contribution in [0, 0.1) is 5.92 Å². The molecule has 9 nitrogen and oxygen atoms in total. The van der Waals surface area contributed by atoms with Crippen LogP contribution in [0.15, 0.2) is 96.9 Å². The standard InChI is InChI=1S/C39H52N6O3/c1-7-31(4)44-23-10-24-45(38(44)46)35-15-13-34(14-16-35)42-25-19-33(20-26-42)32-11-17-36(18-12-32)47-27-30(3)28-48-39(5,37(8-2)40-6)29-43-22-9-21-41-43/h8-18,21-22,24,30-31,33H,2,7,19-20,23,25-29H2,1,3-6H3/b40-37+. The predicted molar refractivity (Wildman–Crippen MR) is 195 cm³/mol. The van der Waals surface area contributed by atoms with Crippen molar-refractivity contribution < 1.29 is 14.3 Å². The second kappa shape index (κ2) is 16.2. The zero-order chi connectivity index (χ0) is 34.1. The molecule has 3 aromatic rings. The first kappa shape index (κ1) is 35.0. The molecule has 3 heterocycles. The third-order valence-electron chi connectivity index (χ3n) is 9.69. The topological polar surface area (TPSA) is 75.4 Å². The van der Waals surface area contributed by atoms with Crippen molar-refractivity contribution >= 4 is 23.1 Å². The molecule has 2 aliphatic heterocycles. The van der Waals surface area contributed by atoms with Crippen LogP contribution in [0.1, 0.15) is 58.4 Å². The van der Waals surface area contributed by atoms with Crippen molar-refractivity contribution in [3.8, 4) is 5.75 Å². The maximum absolute atomic E-state index is 13.1. The molecule has 1 fully saturated rings. The summed E-state index contributed by atoms with van der Waals surface area (Å²) in [7, 11) is 1.76. The summed E-state index contributed by atoms with van der Waals surface area (Å²) in [5, 5.41) is 4.35. The normalized spacial score (nSPS) is 18.5. The van der Waals surface area contributed by atoms with E-state index < -0.39 is 5.60 Å². The summed E-state index contributed by atoms with van der Waals surface area (Å²) in [6, 6.07) is 19.2. The third-order valence-corrected chi connectivity index (χ3v) is 9.69. The molecule has 0 bridgehead atoms. The van der Waals surface area contributed by atoms with Crippen LogP contribution in [0.3, 0.4) is 0 Å². The molecule has 0 radical (unpaired) electrons. The summed E-state index contributed by atoms with van der Waals surface area (Å²) in [5.41, 5.74) is 3.62. The minimum absolute atomic E-state index is 0.0467. The van der Waals surface area contributed by atoms with E-state index in [1.807, 2.05) is 35.0 Å². The average molecular weight is 653 g/mol. The Kier molecular flexibility index (Phi) is 11.8. The summed E-state index contributed by atoms with van der Waals surface area (Å²) in [5.74, 6) is 1.58. The fourth-order valence-electron chi connectivity index (χ4n) is 6.52. The predicted octanol–water partition coefficient (Wildman–Crippen LogP) is 7.57. The number of amides is 2. The van der Waals surface area contributed by atoms with Crippen molar-refractivity contribution in [3.05, 3.63) is 97.5 Å². The van der Waals surface area contributed by atoms with E-state index >= 15 is 0 Å². The minimum atomic E-state index is -0.641. The summed E-state index contributed by atoms with van der Waals surface area (Å²) in [6.45, 7) is 16.6. The quantitative estimate of drug-likeness (QED) is 0.158. The van der Waals surface area contributed by atoms with Crippen LogP contribution >= 0.6 is 0 Å². The molecule has 2 aliphatic rings. The highest BCUT2D eigenvalue weighted by Crippen LogP contribution is 2.33. The van der Waals surface area contributed by atoms with Gasteiger partial charge in [-0.25, -0.2) is 4.79 Å². The molecule has 3 unspecified atom stereocenters. The van der Waals surface area contributed by atoms with Crippen LogP contribution in [-0.2, 0) is 11.3 Å². The molecule has 9 heteroatoms. The number of hydrogen-bond acceptors (Lipinski definition) is 6. The number of aromatic nitrogens is 2. The fourth-order valence-corrected chi connectivity index (χ4v) is 6.52. The van der Waals surface area contributed by atoms with Gasteiger partial charge in [0.15, 0.2) is 0 Å². The molecule has 0 N–H and O–H groups in total. The third kappa shape index (κ3) is 8.37. The van der Waals surface area contributed by atoms with Gasteiger partial charge in [-0.05, 0) is 99.2 Å². The van der Waals surface area contributed by atoms with Gasteiger partial charge >= 0.3 is 6.03 Å². The molecular formula is C39H52N6O3. The summed E-state index contributed by atoms with van der Waals surface area (Å²) in [6.07, 6.45) is 12.5. The Balaban J connectivity index is 1.08. The molecule has 48 heavy (non-hydrogen) atoms. The molecule has 5 rings (SSSR count). The zero-order valence-electron chi connectivity index (χ0n) is 29.3. The van der Waals surface area contributed by atoms with Crippen molar-refractivity contribution in [1.82, 2.24) is 14.7 Å². The molecule has 2 amide bonds. The van der Waals surface area contributed by atoms with Gasteiger partial charge in [0, 0.05) is 62.9 Å². The van der Waals surface area contributed by atoms with E-state index in [0.29, 0.717) is 32.2 Å². The number of aliphatic imine (C=N–C) groups is 1. The minimum Gasteiger partial charge on any atom is -0.493 e. The van der Waals surface area contributed by atoms with E-state index in [-0.39, 0.29) is 18.0 Å². The molecule has 0 spiro atoms. The number of carbonyl (C=O) groups excluding carboxylic acids is 1. The molecule has 2 aromatic carbocycles. The van der Waals surface area contributed by atoms with Gasteiger partial charge in [-0.3, -0.25) is 14.6 Å². The van der Waals surface area contributed by atoms with E-state index in [2.05, 4.69) is 96.9 Å². The molecule has 1 saturated heterocycles. The summed E-state index contributed by atoms with van der Waals surface area (Å²) < 4.78 is 14.4. The second-order valence-corrected chi connectivity index (χ2v) is 13.3. The molecule has 1 aromatic heterocycles. The van der Waals surface area contributed by atoms with Crippen LogP contribution in [0.25, 0.3) is 0 Å². The highest BCUT2D eigenvalue weighted by molar-refractivity contribution is 6.01. The Hall–Kier alpha value is -4.37. The molecule has 256 valence electrons. The molecular weight excluding hydrogens is 600 g/mol. The van der Waals surface area contributed by atoms with Crippen molar-refractivity contribution in [2.75, 3.05) is 49.7 Å². The van der Waals surface area contributed by atoms with E-state index in [0.717, 1.165) is 49.5 Å². The lowest BCUT2D eigenvalue weighted by Crippen LogP contribution is -2.48. The monoisotopic (exact) mass is 652 g/mol. The van der Waals surface area contributed by atoms with Crippen molar-refractivity contribution in [1.29, 1.82) is 0 Å². The lowest BCUT2D eigenvalue weighted by atomic mass is 9.89. The SMILES string of the molecule is C=C/C(=N\C)C(C)(Cn1cccn1)OCC(C)COc1ccc(C2CCN(c3ccc(N4C=CCN(C(C)CC)C4=O)cc3)CC2)cc1. The van der Waals surface area contributed by atoms with Crippen LogP contribution in [0.4, 0.5) is 16.2 Å². The molecule has 0 saturated carbocycles. The Morgan fingerprint density at radius 3 is 2.42 bits per heavy atom. The van der Waals surface area contributed by atoms with E-state index in [4.69, 9.17) is 9.47 Å². The molecule has 0 aliphatic carbocycles. The number of ether oxygens (including phenoxy) is 2. The Labute approximate surface area is 286 Å². The van der Waals surface area contributed by atoms with Crippen LogP contribution < -0.4 is 14.5 Å². The van der Waals surface area contributed by atoms with Crippen LogP contribution in [-0.4, -0.2) is 78.0 Å². The van der Waals surface area contributed by atoms with Gasteiger partial charge in [0.1, 0.15) is 11.4 Å². The first-order valence-corrected chi connectivity index (χ1v) is 17.3. The number of nitrogens with zero attached hydrogens (tertiary/aromatic N) is 6. The smallest absolute Gasteiger partial charge is 0.329 e. The Bertz CT molecular complexity index is 1530. The number of benzene rings is 2. The zero-order valence-corrected chi connectivity index (χ0v) is 29.3. The van der Waals surface area contributed by atoms with Gasteiger partial charge in [0.05, 0.1) is 31.2 Å². The van der Waals surface area contributed by atoms with Gasteiger partial charge in [-0.2, -0.15) is 5.10 Å². The number of urea groups is 1. The van der Waals surface area contributed by atoms with Crippen molar-refractivity contribution in [2.24, 2.45) is 10.9 Å². The van der Waals surface area contributed by atoms with Gasteiger partial charge in [0.2, 0.25) is 0 Å². The summed E-state index contributed by atoms with van der Waals surface area (Å²) in [4.78, 5) is 23.6. The lowest BCUT2D eigenvalue weighted by molar-refractivity contribution is -0.0164. The van der Waals surface area contributed by atoms with Crippen molar-refractivity contribution in [3.63, 3.8) is 0 Å². The largest absolute Gasteiger partial charge is 0.493 e. The van der Waals surface area contributed by atoms with Gasteiger partial charge in [0.25, 0.3) is 0 Å². The maximum Gasteiger partial charge on any atom is 0.329 e. The van der Waals surface area contributed by atoms with E-state index in [1.165, 1.54) is 11.3 Å².